The molecule has 100 valence electrons. The van der Waals surface area contributed by atoms with E-state index in [0.29, 0.717) is 0 Å². The zero-order valence-corrected chi connectivity index (χ0v) is 11.8. The molecular formula is C14H29N3. The van der Waals surface area contributed by atoms with E-state index < -0.39 is 0 Å². The molecule has 3 heteroatoms. The molecule has 0 spiro atoms. The van der Waals surface area contributed by atoms with Gasteiger partial charge in [0.05, 0.1) is 0 Å². The van der Waals surface area contributed by atoms with E-state index in [2.05, 4.69) is 35.9 Å². The number of piperidine rings is 1. The second kappa shape index (κ2) is 5.68. The summed E-state index contributed by atoms with van der Waals surface area (Å²) in [6, 6.07) is 0.843. The van der Waals surface area contributed by atoms with Crippen LogP contribution in [-0.2, 0) is 0 Å². The number of hydrogen-bond acceptors (Lipinski definition) is 3. The second-order valence-corrected chi connectivity index (χ2v) is 6.33. The minimum Gasteiger partial charge on any atom is -0.311 e. The lowest BCUT2D eigenvalue weighted by atomic mass is 9.97. The first kappa shape index (κ1) is 13.3. The van der Waals surface area contributed by atoms with E-state index in [1.807, 2.05) is 0 Å². The SMILES string of the molecule is CCNC(C)(C)CN1CCN2CCCCC2C1. The molecule has 0 aliphatic carbocycles. The summed E-state index contributed by atoms with van der Waals surface area (Å²) in [7, 11) is 0. The lowest BCUT2D eigenvalue weighted by molar-refractivity contribution is 0.0380. The highest BCUT2D eigenvalue weighted by molar-refractivity contribution is 4.89. The van der Waals surface area contributed by atoms with Crippen molar-refractivity contribution in [2.24, 2.45) is 0 Å². The van der Waals surface area contributed by atoms with Gasteiger partial charge in [-0.2, -0.15) is 0 Å². The lowest BCUT2D eigenvalue weighted by Crippen LogP contribution is -2.59. The largest absolute Gasteiger partial charge is 0.311 e. The molecule has 0 aromatic carbocycles. The Labute approximate surface area is 107 Å². The summed E-state index contributed by atoms with van der Waals surface area (Å²) >= 11 is 0. The molecule has 2 fully saturated rings. The maximum Gasteiger partial charge on any atom is 0.0252 e. The third kappa shape index (κ3) is 3.67. The van der Waals surface area contributed by atoms with Crippen molar-refractivity contribution in [1.82, 2.24) is 15.1 Å². The molecule has 0 aromatic heterocycles. The predicted molar refractivity (Wildman–Crippen MR) is 73.4 cm³/mol. The van der Waals surface area contributed by atoms with Gasteiger partial charge in [-0.25, -0.2) is 0 Å². The quantitative estimate of drug-likeness (QED) is 0.803. The van der Waals surface area contributed by atoms with Gasteiger partial charge in [-0.15, -0.1) is 0 Å². The van der Waals surface area contributed by atoms with E-state index >= 15 is 0 Å². The van der Waals surface area contributed by atoms with Crippen LogP contribution in [0.15, 0.2) is 0 Å². The Morgan fingerprint density at radius 1 is 1.18 bits per heavy atom. The van der Waals surface area contributed by atoms with Crippen molar-refractivity contribution in [1.29, 1.82) is 0 Å². The summed E-state index contributed by atoms with van der Waals surface area (Å²) in [4.78, 5) is 5.37. The van der Waals surface area contributed by atoms with Gasteiger partial charge in [0.2, 0.25) is 0 Å². The van der Waals surface area contributed by atoms with Gasteiger partial charge in [0.1, 0.15) is 0 Å². The van der Waals surface area contributed by atoms with Crippen molar-refractivity contribution < 1.29 is 0 Å². The number of nitrogens with zero attached hydrogens (tertiary/aromatic N) is 2. The first-order valence-corrected chi connectivity index (χ1v) is 7.32. The molecule has 1 atom stereocenters. The van der Waals surface area contributed by atoms with Gasteiger partial charge in [-0.05, 0) is 39.8 Å². The molecule has 0 amide bonds. The zero-order valence-electron chi connectivity index (χ0n) is 11.8. The van der Waals surface area contributed by atoms with Crippen LogP contribution in [0, 0.1) is 0 Å². The van der Waals surface area contributed by atoms with Crippen LogP contribution in [0.25, 0.3) is 0 Å². The van der Waals surface area contributed by atoms with Crippen molar-refractivity contribution in [3.63, 3.8) is 0 Å². The molecule has 0 bridgehead atoms. The van der Waals surface area contributed by atoms with Gasteiger partial charge >= 0.3 is 0 Å². The van der Waals surface area contributed by atoms with Crippen molar-refractivity contribution in [2.45, 2.75) is 51.6 Å². The van der Waals surface area contributed by atoms with Crippen molar-refractivity contribution in [3.8, 4) is 0 Å². The summed E-state index contributed by atoms with van der Waals surface area (Å²) in [5.41, 5.74) is 0.256. The molecule has 1 N–H and O–H groups in total. The molecule has 2 aliphatic rings. The standard InChI is InChI=1S/C14H29N3/c1-4-15-14(2,3)12-16-9-10-17-8-6-5-7-13(17)11-16/h13,15H,4-12H2,1-3H3. The third-order valence-corrected chi connectivity index (χ3v) is 4.20. The van der Waals surface area contributed by atoms with Crippen LogP contribution in [0.4, 0.5) is 0 Å². The summed E-state index contributed by atoms with van der Waals surface area (Å²) in [6.07, 6.45) is 4.27. The fourth-order valence-electron chi connectivity index (χ4n) is 3.46. The van der Waals surface area contributed by atoms with Gasteiger partial charge in [0.25, 0.3) is 0 Å². The fourth-order valence-corrected chi connectivity index (χ4v) is 3.46. The number of fused-ring (bicyclic) bond motifs is 1. The van der Waals surface area contributed by atoms with Crippen LogP contribution < -0.4 is 5.32 Å². The van der Waals surface area contributed by atoms with Crippen LogP contribution in [0.2, 0.25) is 0 Å². The molecule has 2 saturated heterocycles. The second-order valence-electron chi connectivity index (χ2n) is 6.33. The molecule has 3 nitrogen and oxygen atoms in total. The maximum absolute atomic E-state index is 3.59. The van der Waals surface area contributed by atoms with Crippen LogP contribution in [0.5, 0.6) is 0 Å². The van der Waals surface area contributed by atoms with E-state index in [0.717, 1.165) is 12.6 Å². The molecule has 1 unspecified atom stereocenters. The van der Waals surface area contributed by atoms with Crippen LogP contribution in [0.1, 0.15) is 40.0 Å². The predicted octanol–water partition coefficient (Wildman–Crippen LogP) is 1.54. The summed E-state index contributed by atoms with van der Waals surface area (Å²) in [6.45, 7) is 14.3. The van der Waals surface area contributed by atoms with Crippen LogP contribution >= 0.6 is 0 Å². The van der Waals surface area contributed by atoms with E-state index in [4.69, 9.17) is 0 Å². The average molecular weight is 239 g/mol. The Morgan fingerprint density at radius 3 is 2.76 bits per heavy atom. The number of hydrogen-bond donors (Lipinski definition) is 1. The van der Waals surface area contributed by atoms with Gasteiger partial charge in [-0.1, -0.05) is 13.3 Å². The van der Waals surface area contributed by atoms with Crippen molar-refractivity contribution in [3.05, 3.63) is 0 Å². The average Bonchev–Trinajstić information content (AvgIpc) is 2.28. The lowest BCUT2D eigenvalue weighted by Gasteiger charge is -2.46. The number of nitrogens with one attached hydrogen (secondary N) is 1. The zero-order chi connectivity index (χ0) is 12.3. The number of rotatable bonds is 4. The smallest absolute Gasteiger partial charge is 0.0252 e. The Bertz CT molecular complexity index is 240. The van der Waals surface area contributed by atoms with Crippen molar-refractivity contribution in [2.75, 3.05) is 39.3 Å². The molecule has 0 saturated carbocycles. The molecule has 2 heterocycles. The van der Waals surface area contributed by atoms with Gasteiger partial charge in [-0.3, -0.25) is 9.80 Å². The minimum absolute atomic E-state index is 0.256. The van der Waals surface area contributed by atoms with E-state index in [1.165, 1.54) is 52.0 Å². The highest BCUT2D eigenvalue weighted by Crippen LogP contribution is 2.21. The molecule has 0 aromatic rings. The molecule has 2 aliphatic heterocycles. The summed E-state index contributed by atoms with van der Waals surface area (Å²) in [5, 5.41) is 3.59. The van der Waals surface area contributed by atoms with Gasteiger partial charge < -0.3 is 5.32 Å². The third-order valence-electron chi connectivity index (χ3n) is 4.20. The Morgan fingerprint density at radius 2 is 2.00 bits per heavy atom. The van der Waals surface area contributed by atoms with E-state index in [1.54, 1.807) is 0 Å². The summed E-state index contributed by atoms with van der Waals surface area (Å²) < 4.78 is 0. The van der Waals surface area contributed by atoms with Crippen LogP contribution in [0.3, 0.4) is 0 Å². The minimum atomic E-state index is 0.256. The maximum atomic E-state index is 3.59. The Hall–Kier alpha value is -0.120. The first-order valence-electron chi connectivity index (χ1n) is 7.32. The monoisotopic (exact) mass is 239 g/mol. The molecular weight excluding hydrogens is 210 g/mol. The van der Waals surface area contributed by atoms with Crippen molar-refractivity contribution >= 4 is 0 Å². The van der Waals surface area contributed by atoms with E-state index in [9.17, 15) is 0 Å². The highest BCUT2D eigenvalue weighted by Gasteiger charge is 2.31. The van der Waals surface area contributed by atoms with Gasteiger partial charge in [0, 0.05) is 37.8 Å². The molecule has 0 radical (unpaired) electrons. The molecule has 17 heavy (non-hydrogen) atoms. The topological polar surface area (TPSA) is 18.5 Å². The molecule has 2 rings (SSSR count). The van der Waals surface area contributed by atoms with Gasteiger partial charge in [0.15, 0.2) is 0 Å². The number of piperazine rings is 1. The van der Waals surface area contributed by atoms with Crippen LogP contribution in [-0.4, -0.2) is 60.6 Å². The fraction of sp³-hybridized carbons (Fsp3) is 1.00. The first-order chi connectivity index (χ1) is 8.11. The Balaban J connectivity index is 1.83. The summed E-state index contributed by atoms with van der Waals surface area (Å²) in [5.74, 6) is 0. The van der Waals surface area contributed by atoms with E-state index in [-0.39, 0.29) is 5.54 Å². The Kier molecular flexibility index (Phi) is 4.45. The normalized spacial score (nSPS) is 28.1. The number of likely N-dealkylation sites (N-methyl/N-ethyl adjacent to an activating group) is 1. The highest BCUT2D eigenvalue weighted by atomic mass is 15.3.